The average Bonchev–Trinajstić information content (AvgIpc) is 3.24. The third kappa shape index (κ3) is 7.39. The van der Waals surface area contributed by atoms with Crippen molar-refractivity contribution in [3.63, 3.8) is 0 Å². The smallest absolute Gasteiger partial charge is 0.293 e. The molecule has 4 atom stereocenters. The molecule has 2 N–H and O–H groups in total. The van der Waals surface area contributed by atoms with Gasteiger partial charge in [0.25, 0.3) is 6.47 Å². The number of ether oxygens (including phenoxy) is 1. The zero-order valence-electron chi connectivity index (χ0n) is 18.0. The Hall–Kier alpha value is -1.09. The molecule has 6 aliphatic carbocycles. The summed E-state index contributed by atoms with van der Waals surface area (Å²) in [4.78, 5) is 9.71. The molecule has 0 aromatic carbocycles. The van der Waals surface area contributed by atoms with Crippen LogP contribution in [0.4, 0.5) is 0 Å². The summed E-state index contributed by atoms with van der Waals surface area (Å²) < 4.78 is 4.66. The summed E-state index contributed by atoms with van der Waals surface area (Å²) in [6, 6.07) is 0.573. The molecule has 4 fully saturated rings. The maximum absolute atomic E-state index is 9.71. The van der Waals surface area contributed by atoms with Crippen LogP contribution < -0.4 is 5.73 Å². The summed E-state index contributed by atoms with van der Waals surface area (Å²) in [5, 5.41) is 0. The molecule has 0 amide bonds. The first-order chi connectivity index (χ1) is 13.5. The van der Waals surface area contributed by atoms with E-state index in [-0.39, 0.29) is 6.10 Å². The van der Waals surface area contributed by atoms with Crippen LogP contribution in [0.25, 0.3) is 0 Å². The minimum atomic E-state index is 0.132. The van der Waals surface area contributed by atoms with E-state index in [1.807, 2.05) is 12.2 Å². The van der Waals surface area contributed by atoms with Gasteiger partial charge in [-0.05, 0) is 86.9 Å². The third-order valence-corrected chi connectivity index (χ3v) is 7.22. The van der Waals surface area contributed by atoms with Crippen LogP contribution in [0.1, 0.15) is 78.1 Å². The van der Waals surface area contributed by atoms with Gasteiger partial charge >= 0.3 is 0 Å². The molecule has 6 aliphatic rings. The number of allylic oxidation sites excluding steroid dienone is 2. The van der Waals surface area contributed by atoms with Crippen molar-refractivity contribution in [2.24, 2.45) is 41.2 Å². The summed E-state index contributed by atoms with van der Waals surface area (Å²) in [7, 11) is 0. The lowest BCUT2D eigenvalue weighted by molar-refractivity contribution is -0.132. The SMILES string of the molecule is CC1CC2CC2C1.CC1CC=CC1.NC1CC2CC2C1.O=COC1CC=CC1. The van der Waals surface area contributed by atoms with Crippen molar-refractivity contribution in [3.8, 4) is 0 Å². The van der Waals surface area contributed by atoms with Gasteiger partial charge < -0.3 is 10.5 Å². The number of hydrogen-bond donors (Lipinski definition) is 1. The van der Waals surface area contributed by atoms with Gasteiger partial charge in [0.1, 0.15) is 6.10 Å². The van der Waals surface area contributed by atoms with Crippen LogP contribution in [0.15, 0.2) is 24.3 Å². The predicted octanol–water partition coefficient (Wildman–Crippen LogP) is 5.65. The fourth-order valence-electron chi connectivity index (χ4n) is 5.31. The molecule has 0 bridgehead atoms. The Bertz CT molecular complexity index is 483. The van der Waals surface area contributed by atoms with Gasteiger partial charge in [-0.25, -0.2) is 0 Å². The fourth-order valence-corrected chi connectivity index (χ4v) is 5.31. The molecule has 0 radical (unpaired) electrons. The van der Waals surface area contributed by atoms with Crippen molar-refractivity contribution >= 4 is 6.47 Å². The zero-order chi connectivity index (χ0) is 19.9. The minimum Gasteiger partial charge on any atom is -0.464 e. The van der Waals surface area contributed by atoms with E-state index in [9.17, 15) is 4.79 Å². The first-order valence-corrected chi connectivity index (χ1v) is 11.7. The van der Waals surface area contributed by atoms with Crippen molar-refractivity contribution in [1.29, 1.82) is 0 Å². The quantitative estimate of drug-likeness (QED) is 0.492. The first kappa shape index (κ1) is 21.6. The monoisotopic (exact) mass is 387 g/mol. The number of carbonyl (C=O) groups excluding carboxylic acids is 1. The number of rotatable bonds is 2. The van der Waals surface area contributed by atoms with Gasteiger partial charge in [-0.2, -0.15) is 0 Å². The lowest BCUT2D eigenvalue weighted by Gasteiger charge is -2.03. The average molecular weight is 388 g/mol. The Morgan fingerprint density at radius 2 is 1.18 bits per heavy atom. The Kier molecular flexibility index (Phi) is 8.20. The zero-order valence-corrected chi connectivity index (χ0v) is 18.0. The molecule has 0 aromatic rings. The van der Waals surface area contributed by atoms with E-state index in [0.717, 1.165) is 36.5 Å². The molecule has 0 saturated heterocycles. The fraction of sp³-hybridized carbons (Fsp3) is 0.800. The summed E-state index contributed by atoms with van der Waals surface area (Å²) in [5.74, 6) is 6.52. The van der Waals surface area contributed by atoms with Crippen LogP contribution in [-0.2, 0) is 9.53 Å². The Balaban J connectivity index is 0.000000108. The van der Waals surface area contributed by atoms with Gasteiger partial charge in [0.05, 0.1) is 0 Å². The van der Waals surface area contributed by atoms with E-state index in [1.165, 1.54) is 43.9 Å². The second-order valence-electron chi connectivity index (χ2n) is 10.2. The van der Waals surface area contributed by atoms with Crippen LogP contribution >= 0.6 is 0 Å². The molecule has 4 saturated carbocycles. The van der Waals surface area contributed by atoms with E-state index in [1.54, 1.807) is 19.3 Å². The largest absolute Gasteiger partial charge is 0.464 e. The van der Waals surface area contributed by atoms with Crippen molar-refractivity contribution < 1.29 is 9.53 Å². The number of nitrogens with two attached hydrogens (primary N) is 1. The van der Waals surface area contributed by atoms with Gasteiger partial charge in [-0.15, -0.1) is 0 Å². The Labute approximate surface area is 172 Å². The van der Waals surface area contributed by atoms with Crippen molar-refractivity contribution in [3.05, 3.63) is 24.3 Å². The topological polar surface area (TPSA) is 52.3 Å². The summed E-state index contributed by atoms with van der Waals surface area (Å²) in [5.41, 5.74) is 5.66. The Morgan fingerprint density at radius 3 is 1.46 bits per heavy atom. The highest BCUT2D eigenvalue weighted by atomic mass is 16.5. The van der Waals surface area contributed by atoms with Gasteiger partial charge in [-0.3, -0.25) is 4.79 Å². The third-order valence-electron chi connectivity index (χ3n) is 7.22. The van der Waals surface area contributed by atoms with Crippen molar-refractivity contribution in [2.75, 3.05) is 0 Å². The summed E-state index contributed by atoms with van der Waals surface area (Å²) in [6.07, 6.45) is 21.9. The molecule has 3 heteroatoms. The summed E-state index contributed by atoms with van der Waals surface area (Å²) in [6.45, 7) is 5.17. The van der Waals surface area contributed by atoms with Crippen molar-refractivity contribution in [2.45, 2.75) is 90.2 Å². The lowest BCUT2D eigenvalue weighted by atomic mass is 10.1. The predicted molar refractivity (Wildman–Crippen MR) is 116 cm³/mol. The lowest BCUT2D eigenvalue weighted by Crippen LogP contribution is -2.16. The van der Waals surface area contributed by atoms with Crippen LogP contribution in [0.2, 0.25) is 0 Å². The molecule has 0 aliphatic heterocycles. The number of hydrogen-bond acceptors (Lipinski definition) is 3. The second-order valence-corrected chi connectivity index (χ2v) is 10.2. The molecule has 0 spiro atoms. The van der Waals surface area contributed by atoms with E-state index < -0.39 is 0 Å². The molecular formula is C25H41NO2. The second kappa shape index (κ2) is 10.6. The minimum absolute atomic E-state index is 0.132. The molecule has 6 rings (SSSR count). The van der Waals surface area contributed by atoms with E-state index in [4.69, 9.17) is 5.73 Å². The van der Waals surface area contributed by atoms with Crippen molar-refractivity contribution in [1.82, 2.24) is 0 Å². The highest BCUT2D eigenvalue weighted by Gasteiger charge is 2.44. The molecule has 3 nitrogen and oxygen atoms in total. The molecule has 4 unspecified atom stereocenters. The molecule has 28 heavy (non-hydrogen) atoms. The number of carbonyl (C=O) groups is 1. The van der Waals surface area contributed by atoms with Gasteiger partial charge in [0.2, 0.25) is 0 Å². The van der Waals surface area contributed by atoms with E-state index >= 15 is 0 Å². The van der Waals surface area contributed by atoms with Gasteiger partial charge in [-0.1, -0.05) is 38.2 Å². The van der Waals surface area contributed by atoms with Gasteiger partial charge in [0, 0.05) is 18.9 Å². The highest BCUT2D eigenvalue weighted by Crippen LogP contribution is 2.54. The van der Waals surface area contributed by atoms with Crippen LogP contribution in [0.3, 0.4) is 0 Å². The van der Waals surface area contributed by atoms with Crippen LogP contribution in [0, 0.1) is 35.5 Å². The van der Waals surface area contributed by atoms with Gasteiger partial charge in [0.15, 0.2) is 0 Å². The van der Waals surface area contributed by atoms with Crippen LogP contribution in [0.5, 0.6) is 0 Å². The standard InChI is InChI=1S/C7H12.C6H11N.C6H8O2.C6H10/c1-5-2-6-4-7(6)3-5;7-6-2-4-1-5(4)3-6;7-5-8-6-3-1-2-4-6;1-6-4-2-3-5-6/h5-7H,2-4H2,1H3;4-6H,1-3,7H2;1-2,5-6H,3-4H2;2-3,6H,4-5H2,1H3. The molecular weight excluding hydrogens is 346 g/mol. The Morgan fingerprint density at radius 1 is 0.714 bits per heavy atom. The maximum atomic E-state index is 9.71. The maximum Gasteiger partial charge on any atom is 0.293 e. The van der Waals surface area contributed by atoms with Crippen LogP contribution in [-0.4, -0.2) is 18.6 Å². The molecule has 0 aromatic heterocycles. The summed E-state index contributed by atoms with van der Waals surface area (Å²) >= 11 is 0. The van der Waals surface area contributed by atoms with E-state index in [0.29, 0.717) is 12.5 Å². The van der Waals surface area contributed by atoms with E-state index in [2.05, 4.69) is 30.7 Å². The first-order valence-electron chi connectivity index (χ1n) is 11.7. The molecule has 0 heterocycles. The highest BCUT2D eigenvalue weighted by molar-refractivity contribution is 5.37. The molecule has 158 valence electrons. The number of fused-ring (bicyclic) bond motifs is 2. The normalized spacial score (nSPS) is 38.8.